The number of aromatic carboxylic acids is 1. The molecule has 0 saturated carbocycles. The summed E-state index contributed by atoms with van der Waals surface area (Å²) in [6.45, 7) is 1.90. The molecule has 0 spiro atoms. The number of imidazole rings is 1. The first kappa shape index (κ1) is 16.8. The van der Waals surface area contributed by atoms with Crippen LogP contribution < -0.4 is 0 Å². The maximum Gasteiger partial charge on any atom is 0.416 e. The molecular formula is C18H13F3N2O2. The van der Waals surface area contributed by atoms with Gasteiger partial charge in [-0.05, 0) is 19.1 Å². The molecule has 0 atom stereocenters. The molecule has 0 fully saturated rings. The third-order valence-electron chi connectivity index (χ3n) is 3.73. The van der Waals surface area contributed by atoms with Gasteiger partial charge in [0.1, 0.15) is 11.5 Å². The maximum absolute atomic E-state index is 12.6. The molecule has 1 heterocycles. The van der Waals surface area contributed by atoms with Crippen LogP contribution in [0.5, 0.6) is 0 Å². The average Bonchev–Trinajstić information content (AvgIpc) is 3.00. The van der Waals surface area contributed by atoms with Crippen LogP contribution in [-0.4, -0.2) is 21.0 Å². The Bertz CT molecular complexity index is 911. The Morgan fingerprint density at radius 2 is 1.56 bits per heavy atom. The van der Waals surface area contributed by atoms with Crippen molar-refractivity contribution in [1.29, 1.82) is 0 Å². The van der Waals surface area contributed by atoms with Gasteiger partial charge in [0.15, 0.2) is 5.69 Å². The number of carbonyl (C=O) groups is 1. The van der Waals surface area contributed by atoms with E-state index in [1.165, 1.54) is 12.1 Å². The van der Waals surface area contributed by atoms with Crippen LogP contribution in [0, 0.1) is 6.92 Å². The van der Waals surface area contributed by atoms with Gasteiger partial charge in [-0.1, -0.05) is 42.0 Å². The van der Waals surface area contributed by atoms with Gasteiger partial charge in [-0.25, -0.2) is 9.78 Å². The van der Waals surface area contributed by atoms with Crippen molar-refractivity contribution in [3.8, 4) is 22.6 Å². The predicted molar refractivity (Wildman–Crippen MR) is 86.2 cm³/mol. The van der Waals surface area contributed by atoms with Crippen LogP contribution in [0.25, 0.3) is 22.6 Å². The largest absolute Gasteiger partial charge is 0.477 e. The number of hydrogen-bond acceptors (Lipinski definition) is 2. The van der Waals surface area contributed by atoms with E-state index in [-0.39, 0.29) is 17.2 Å². The molecule has 7 heteroatoms. The summed E-state index contributed by atoms with van der Waals surface area (Å²) in [4.78, 5) is 18.4. The summed E-state index contributed by atoms with van der Waals surface area (Å²) < 4.78 is 37.9. The van der Waals surface area contributed by atoms with Crippen molar-refractivity contribution in [1.82, 2.24) is 9.97 Å². The maximum atomic E-state index is 12.6. The van der Waals surface area contributed by atoms with E-state index in [1.54, 1.807) is 12.1 Å². The molecule has 0 bridgehead atoms. The minimum absolute atomic E-state index is 0.112. The van der Waals surface area contributed by atoms with Gasteiger partial charge in [-0.2, -0.15) is 13.2 Å². The van der Waals surface area contributed by atoms with Gasteiger partial charge in [0.25, 0.3) is 0 Å². The average molecular weight is 346 g/mol. The zero-order valence-electron chi connectivity index (χ0n) is 13.1. The molecule has 0 aliphatic rings. The van der Waals surface area contributed by atoms with E-state index in [4.69, 9.17) is 0 Å². The fourth-order valence-corrected chi connectivity index (χ4v) is 2.40. The summed E-state index contributed by atoms with van der Waals surface area (Å²) in [7, 11) is 0. The molecule has 3 aromatic rings. The smallest absolute Gasteiger partial charge is 0.416 e. The Morgan fingerprint density at radius 3 is 2.08 bits per heavy atom. The SMILES string of the molecule is Cc1ccc(-c2nc(-c3ccc(C(F)(F)F)cc3)[nH]c2C(=O)O)cc1. The number of aromatic amines is 1. The number of aromatic nitrogens is 2. The van der Waals surface area contributed by atoms with Crippen molar-refractivity contribution in [3.05, 3.63) is 65.4 Å². The Kier molecular flexibility index (Phi) is 4.08. The summed E-state index contributed by atoms with van der Waals surface area (Å²) in [5.41, 5.74) is 1.34. The molecule has 0 unspecified atom stereocenters. The highest BCUT2D eigenvalue weighted by molar-refractivity contribution is 5.94. The number of carboxylic acid groups (broad SMARTS) is 1. The van der Waals surface area contributed by atoms with E-state index >= 15 is 0 Å². The van der Waals surface area contributed by atoms with Gasteiger partial charge >= 0.3 is 12.1 Å². The Hall–Kier alpha value is -3.09. The molecule has 0 amide bonds. The van der Waals surface area contributed by atoms with Crippen molar-refractivity contribution in [2.24, 2.45) is 0 Å². The number of nitrogens with zero attached hydrogens (tertiary/aromatic N) is 1. The molecule has 4 nitrogen and oxygen atoms in total. The molecule has 1 aromatic heterocycles. The molecular weight excluding hydrogens is 333 g/mol. The molecule has 0 aliphatic carbocycles. The number of halogens is 3. The quantitative estimate of drug-likeness (QED) is 0.718. The zero-order valence-corrected chi connectivity index (χ0v) is 13.1. The first-order valence-corrected chi connectivity index (χ1v) is 7.33. The topological polar surface area (TPSA) is 66.0 Å². The summed E-state index contributed by atoms with van der Waals surface area (Å²) in [5, 5.41) is 9.37. The van der Waals surface area contributed by atoms with Crippen LogP contribution in [0.4, 0.5) is 13.2 Å². The van der Waals surface area contributed by atoms with Crippen LogP contribution in [0.1, 0.15) is 21.6 Å². The zero-order chi connectivity index (χ0) is 18.2. The minimum Gasteiger partial charge on any atom is -0.477 e. The fraction of sp³-hybridized carbons (Fsp3) is 0.111. The van der Waals surface area contributed by atoms with Gasteiger partial charge in [0.2, 0.25) is 0 Å². The lowest BCUT2D eigenvalue weighted by molar-refractivity contribution is -0.137. The van der Waals surface area contributed by atoms with Crippen molar-refractivity contribution in [3.63, 3.8) is 0 Å². The highest BCUT2D eigenvalue weighted by atomic mass is 19.4. The molecule has 0 radical (unpaired) electrons. The van der Waals surface area contributed by atoms with E-state index in [1.807, 2.05) is 19.1 Å². The third-order valence-corrected chi connectivity index (χ3v) is 3.73. The number of rotatable bonds is 3. The summed E-state index contributed by atoms with van der Waals surface area (Å²) in [5.74, 6) is -0.997. The monoisotopic (exact) mass is 346 g/mol. The van der Waals surface area contributed by atoms with Crippen LogP contribution in [-0.2, 0) is 6.18 Å². The second kappa shape index (κ2) is 6.08. The van der Waals surface area contributed by atoms with Gasteiger partial charge < -0.3 is 10.1 Å². The number of hydrogen-bond donors (Lipinski definition) is 2. The lowest BCUT2D eigenvalue weighted by Gasteiger charge is -2.06. The number of H-pyrrole nitrogens is 1. The second-order valence-corrected chi connectivity index (χ2v) is 5.56. The van der Waals surface area contributed by atoms with E-state index in [0.717, 1.165) is 17.7 Å². The van der Waals surface area contributed by atoms with Crippen molar-refractivity contribution in [2.75, 3.05) is 0 Å². The van der Waals surface area contributed by atoms with Gasteiger partial charge in [-0.3, -0.25) is 0 Å². The normalized spacial score (nSPS) is 11.5. The molecule has 3 rings (SSSR count). The number of aryl methyl sites for hydroxylation is 1. The number of nitrogens with one attached hydrogen (secondary N) is 1. The standard InChI is InChI=1S/C18H13F3N2O2/c1-10-2-4-11(5-3-10)14-15(17(24)25)23-16(22-14)12-6-8-13(9-7-12)18(19,20)21/h2-9H,1H3,(H,22,23)(H,24,25). The van der Waals surface area contributed by atoms with E-state index < -0.39 is 17.7 Å². The molecule has 25 heavy (non-hydrogen) atoms. The predicted octanol–water partition coefficient (Wildman–Crippen LogP) is 4.77. The fourth-order valence-electron chi connectivity index (χ4n) is 2.40. The molecule has 2 N–H and O–H groups in total. The molecule has 0 aliphatic heterocycles. The lowest BCUT2D eigenvalue weighted by Crippen LogP contribution is -2.04. The van der Waals surface area contributed by atoms with Gasteiger partial charge in [0.05, 0.1) is 5.56 Å². The summed E-state index contributed by atoms with van der Waals surface area (Å²) in [6, 6.07) is 11.5. The number of carboxylic acids is 1. The van der Waals surface area contributed by atoms with E-state index in [9.17, 15) is 23.1 Å². The van der Waals surface area contributed by atoms with Crippen LogP contribution >= 0.6 is 0 Å². The highest BCUT2D eigenvalue weighted by Crippen LogP contribution is 2.31. The molecule has 0 saturated heterocycles. The molecule has 128 valence electrons. The van der Waals surface area contributed by atoms with Crippen molar-refractivity contribution < 1.29 is 23.1 Å². The Morgan fingerprint density at radius 1 is 1.00 bits per heavy atom. The van der Waals surface area contributed by atoms with E-state index in [2.05, 4.69) is 9.97 Å². The van der Waals surface area contributed by atoms with Crippen LogP contribution in [0.2, 0.25) is 0 Å². The van der Waals surface area contributed by atoms with Gasteiger partial charge in [0, 0.05) is 11.1 Å². The Labute approximate surface area is 141 Å². The van der Waals surface area contributed by atoms with Crippen molar-refractivity contribution in [2.45, 2.75) is 13.1 Å². The number of alkyl halides is 3. The lowest BCUT2D eigenvalue weighted by atomic mass is 10.1. The first-order chi connectivity index (χ1) is 11.8. The summed E-state index contributed by atoms with van der Waals surface area (Å²) in [6.07, 6.45) is -4.43. The van der Waals surface area contributed by atoms with Crippen LogP contribution in [0.15, 0.2) is 48.5 Å². The molecule has 2 aromatic carbocycles. The Balaban J connectivity index is 2.05. The van der Waals surface area contributed by atoms with Crippen molar-refractivity contribution >= 4 is 5.97 Å². The first-order valence-electron chi connectivity index (χ1n) is 7.33. The highest BCUT2D eigenvalue weighted by Gasteiger charge is 2.30. The second-order valence-electron chi connectivity index (χ2n) is 5.56. The summed E-state index contributed by atoms with van der Waals surface area (Å²) >= 11 is 0. The van der Waals surface area contributed by atoms with E-state index in [0.29, 0.717) is 11.1 Å². The third kappa shape index (κ3) is 3.40. The van der Waals surface area contributed by atoms with Crippen LogP contribution in [0.3, 0.4) is 0 Å². The number of benzene rings is 2. The van der Waals surface area contributed by atoms with Gasteiger partial charge in [-0.15, -0.1) is 0 Å². The minimum atomic E-state index is -4.43.